The molecule has 69 heavy (non-hydrogen) atoms. The third-order valence-electron chi connectivity index (χ3n) is 13.9. The van der Waals surface area contributed by atoms with Crippen molar-refractivity contribution in [3.8, 4) is 95.9 Å². The zero-order chi connectivity index (χ0) is 45.6. The van der Waals surface area contributed by atoms with Crippen LogP contribution < -0.4 is 0 Å². The molecule has 5 nitrogen and oxygen atoms in total. The lowest BCUT2D eigenvalue weighted by molar-refractivity contribution is 0.669. The van der Waals surface area contributed by atoms with Gasteiger partial charge in [-0.15, -0.1) is 0 Å². The second-order valence-corrected chi connectivity index (χ2v) is 17.8. The van der Waals surface area contributed by atoms with E-state index in [1.54, 1.807) is 0 Å². The first-order valence-electron chi connectivity index (χ1n) is 23.1. The van der Waals surface area contributed by atoms with Gasteiger partial charge in [-0.1, -0.05) is 182 Å². The summed E-state index contributed by atoms with van der Waals surface area (Å²) in [5.41, 5.74) is 16.9. The monoisotopic (exact) mass is 876 g/mol. The molecule has 0 unspecified atom stereocenters. The maximum absolute atomic E-state index is 9.64. The Labute approximate surface area is 396 Å². The van der Waals surface area contributed by atoms with Crippen molar-refractivity contribution in [1.29, 1.82) is 5.26 Å². The average Bonchev–Trinajstić information content (AvgIpc) is 3.96. The smallest absolute Gasteiger partial charge is 0.164 e. The van der Waals surface area contributed by atoms with Crippen LogP contribution in [-0.4, -0.2) is 15.0 Å². The van der Waals surface area contributed by atoms with Crippen LogP contribution in [0.5, 0.6) is 0 Å². The molecule has 0 atom stereocenters. The van der Waals surface area contributed by atoms with E-state index >= 15 is 0 Å². The van der Waals surface area contributed by atoms with Gasteiger partial charge in [0.25, 0.3) is 0 Å². The number of aromatic nitrogens is 3. The van der Waals surface area contributed by atoms with Gasteiger partial charge in [-0.25, -0.2) is 15.0 Å². The second-order valence-electron chi connectivity index (χ2n) is 17.8. The number of para-hydroxylation sites is 1. The number of fused-ring (bicyclic) bond motifs is 9. The highest BCUT2D eigenvalue weighted by atomic mass is 16.3. The quantitative estimate of drug-likeness (QED) is 0.156. The lowest BCUT2D eigenvalue weighted by atomic mass is 9.86. The maximum Gasteiger partial charge on any atom is 0.164 e. The highest BCUT2D eigenvalue weighted by Crippen LogP contribution is 2.52. The fraction of sp³-hybridized carbons (Fsp3) is 0. The molecule has 0 bridgehead atoms. The van der Waals surface area contributed by atoms with Crippen molar-refractivity contribution < 1.29 is 4.42 Å². The zero-order valence-corrected chi connectivity index (χ0v) is 37.0. The van der Waals surface area contributed by atoms with Gasteiger partial charge in [0.2, 0.25) is 0 Å². The minimum Gasteiger partial charge on any atom is -0.456 e. The molecule has 2 aromatic heterocycles. The van der Waals surface area contributed by atoms with E-state index in [1.807, 2.05) is 60.7 Å². The first-order chi connectivity index (χ1) is 34.1. The van der Waals surface area contributed by atoms with Crippen LogP contribution in [0.15, 0.2) is 223 Å². The van der Waals surface area contributed by atoms with Gasteiger partial charge >= 0.3 is 0 Å². The number of hydrogen-bond donors (Lipinski definition) is 0. The Bertz CT molecular complexity index is 4270. The van der Waals surface area contributed by atoms with E-state index in [2.05, 4.69) is 164 Å². The van der Waals surface area contributed by atoms with Crippen molar-refractivity contribution in [2.45, 2.75) is 0 Å². The van der Waals surface area contributed by atoms with Gasteiger partial charge in [0, 0.05) is 27.5 Å². The fourth-order valence-corrected chi connectivity index (χ4v) is 10.6. The SMILES string of the molecule is N#Cc1ccc(-c2ccc3c4c(ccc(-c5cccc6c5ccc5ccc(-c7nc(-c8ccccc8)nc(-c8ccc(-c9ccc%10oc%11ccccc%11c%10c9)cc8)n7)cc56)c24)-c2ccccc2-3)cc1. The summed E-state index contributed by atoms with van der Waals surface area (Å²) in [6.45, 7) is 0. The van der Waals surface area contributed by atoms with Gasteiger partial charge in [0.1, 0.15) is 11.2 Å². The van der Waals surface area contributed by atoms with Crippen LogP contribution in [0.1, 0.15) is 5.56 Å². The molecule has 0 amide bonds. The van der Waals surface area contributed by atoms with Crippen molar-refractivity contribution in [2.75, 3.05) is 0 Å². The molecule has 1 aliphatic carbocycles. The molecule has 0 fully saturated rings. The van der Waals surface area contributed by atoms with E-state index in [-0.39, 0.29) is 0 Å². The van der Waals surface area contributed by atoms with Crippen LogP contribution in [-0.2, 0) is 0 Å². The Kier molecular flexibility index (Phi) is 8.58. The molecular formula is C64H36N4O. The van der Waals surface area contributed by atoms with Crippen molar-refractivity contribution in [3.63, 3.8) is 0 Å². The van der Waals surface area contributed by atoms with Crippen LogP contribution in [0, 0.1) is 11.3 Å². The van der Waals surface area contributed by atoms with Crippen LogP contribution >= 0.6 is 0 Å². The molecule has 14 rings (SSSR count). The zero-order valence-electron chi connectivity index (χ0n) is 37.0. The van der Waals surface area contributed by atoms with Gasteiger partial charge < -0.3 is 4.42 Å². The van der Waals surface area contributed by atoms with Gasteiger partial charge in [0.15, 0.2) is 17.5 Å². The average molecular weight is 877 g/mol. The lowest BCUT2D eigenvalue weighted by Gasteiger charge is -2.17. The molecule has 0 saturated carbocycles. The predicted molar refractivity (Wildman–Crippen MR) is 281 cm³/mol. The molecule has 0 aliphatic heterocycles. The lowest BCUT2D eigenvalue weighted by Crippen LogP contribution is -2.00. The van der Waals surface area contributed by atoms with Crippen molar-refractivity contribution in [3.05, 3.63) is 224 Å². The summed E-state index contributed by atoms with van der Waals surface area (Å²) < 4.78 is 6.11. The van der Waals surface area contributed by atoms with E-state index in [4.69, 9.17) is 19.4 Å². The Morgan fingerprint density at radius 2 is 0.826 bits per heavy atom. The number of rotatable bonds is 6. The number of hydrogen-bond acceptors (Lipinski definition) is 5. The number of furan rings is 1. The summed E-state index contributed by atoms with van der Waals surface area (Å²) in [6, 6.07) is 78.9. The number of nitriles is 1. The predicted octanol–water partition coefficient (Wildman–Crippen LogP) is 16.8. The minimum absolute atomic E-state index is 0.606. The Balaban J connectivity index is 0.904. The molecular weight excluding hydrogens is 841 g/mol. The Hall–Kier alpha value is -9.50. The fourth-order valence-electron chi connectivity index (χ4n) is 10.6. The Morgan fingerprint density at radius 3 is 1.58 bits per heavy atom. The summed E-state index contributed by atoms with van der Waals surface area (Å²) in [6.07, 6.45) is 0. The van der Waals surface area contributed by atoms with Gasteiger partial charge in [-0.3, -0.25) is 0 Å². The molecule has 318 valence electrons. The van der Waals surface area contributed by atoms with E-state index in [9.17, 15) is 5.26 Å². The highest BCUT2D eigenvalue weighted by Gasteiger charge is 2.25. The molecule has 0 radical (unpaired) electrons. The van der Waals surface area contributed by atoms with E-state index in [0.29, 0.717) is 23.0 Å². The van der Waals surface area contributed by atoms with Crippen molar-refractivity contribution >= 4 is 54.3 Å². The van der Waals surface area contributed by atoms with E-state index in [1.165, 1.54) is 38.6 Å². The normalized spacial score (nSPS) is 11.8. The summed E-state index contributed by atoms with van der Waals surface area (Å²) in [5, 5.41) is 18.9. The number of nitrogens with zero attached hydrogens (tertiary/aromatic N) is 4. The molecule has 0 N–H and O–H groups in total. The molecule has 1 aliphatic rings. The van der Waals surface area contributed by atoms with Gasteiger partial charge in [-0.05, 0) is 124 Å². The summed E-state index contributed by atoms with van der Waals surface area (Å²) >= 11 is 0. The van der Waals surface area contributed by atoms with Crippen molar-refractivity contribution in [2.24, 2.45) is 0 Å². The molecule has 0 saturated heterocycles. The number of benzene rings is 11. The summed E-state index contributed by atoms with van der Waals surface area (Å²) in [7, 11) is 0. The van der Waals surface area contributed by atoms with Crippen LogP contribution in [0.25, 0.3) is 144 Å². The highest BCUT2D eigenvalue weighted by molar-refractivity contribution is 6.24. The van der Waals surface area contributed by atoms with Gasteiger partial charge in [-0.2, -0.15) is 5.26 Å². The minimum atomic E-state index is 0.606. The third kappa shape index (κ3) is 6.20. The molecule has 11 aromatic carbocycles. The van der Waals surface area contributed by atoms with Crippen molar-refractivity contribution in [1.82, 2.24) is 15.0 Å². The second kappa shape index (κ2) is 15.3. The van der Waals surface area contributed by atoms with E-state index in [0.717, 1.165) is 88.0 Å². The summed E-state index contributed by atoms with van der Waals surface area (Å²) in [4.78, 5) is 15.4. The first kappa shape index (κ1) is 38.7. The van der Waals surface area contributed by atoms with Crippen LogP contribution in [0.4, 0.5) is 0 Å². The molecule has 5 heteroatoms. The van der Waals surface area contributed by atoms with Gasteiger partial charge in [0.05, 0.1) is 11.6 Å². The van der Waals surface area contributed by atoms with Crippen LogP contribution in [0.3, 0.4) is 0 Å². The van der Waals surface area contributed by atoms with E-state index < -0.39 is 0 Å². The maximum atomic E-state index is 9.64. The molecule has 2 heterocycles. The Morgan fingerprint density at radius 1 is 0.304 bits per heavy atom. The molecule has 13 aromatic rings. The largest absolute Gasteiger partial charge is 0.456 e. The third-order valence-corrected chi connectivity index (χ3v) is 13.9. The topological polar surface area (TPSA) is 75.6 Å². The van der Waals surface area contributed by atoms with Crippen LogP contribution in [0.2, 0.25) is 0 Å². The first-order valence-corrected chi connectivity index (χ1v) is 23.1. The summed E-state index contributed by atoms with van der Waals surface area (Å²) in [5.74, 6) is 1.83. The standard InChI is InChI=1S/C64H36N4O/c65-37-38-17-19-40(20-18-38)46-30-31-54-47-11-4-5-12-48(47)55-33-32-53(60(46)61(54)55)49-14-8-15-50-51(49)29-27-41-23-26-45(36-56(41)50)64-67-62(42-9-2-1-3-10-42)66-63(68-64)43-24-21-39(22-25-43)44-28-34-59-57(35-44)52-13-6-7-16-58(52)69-59/h1-36H. The molecule has 0 spiro atoms.